The van der Waals surface area contributed by atoms with Crippen molar-refractivity contribution in [1.29, 1.82) is 0 Å². The van der Waals surface area contributed by atoms with E-state index in [9.17, 15) is 9.59 Å². The second kappa shape index (κ2) is 7.77. The van der Waals surface area contributed by atoms with Gasteiger partial charge < -0.3 is 10.4 Å². The number of hydrogen-bond donors (Lipinski definition) is 2. The predicted molar refractivity (Wildman–Crippen MR) is 92.3 cm³/mol. The van der Waals surface area contributed by atoms with E-state index in [0.29, 0.717) is 16.8 Å². The average molecular weight is 329 g/mol. The number of para-hydroxylation sites is 1. The molecule has 0 spiro atoms. The number of nitrogens with one attached hydrogen (secondary N) is 1. The Bertz CT molecular complexity index is 733. The second-order valence-corrected chi connectivity index (χ2v) is 5.74. The summed E-state index contributed by atoms with van der Waals surface area (Å²) in [6, 6.07) is 7.19. The lowest BCUT2D eigenvalue weighted by atomic mass is 10.1. The van der Waals surface area contributed by atoms with Crippen LogP contribution in [0.3, 0.4) is 0 Å². The van der Waals surface area contributed by atoms with Gasteiger partial charge in [0.2, 0.25) is 0 Å². The van der Waals surface area contributed by atoms with Gasteiger partial charge in [-0.2, -0.15) is 5.10 Å². The summed E-state index contributed by atoms with van der Waals surface area (Å²) >= 11 is 0. The number of aromatic nitrogens is 2. The normalized spacial score (nSPS) is 10.8. The molecule has 1 aromatic carbocycles. The summed E-state index contributed by atoms with van der Waals surface area (Å²) in [5, 5.41) is 16.1. The third kappa shape index (κ3) is 3.82. The van der Waals surface area contributed by atoms with Gasteiger partial charge in [-0.25, -0.2) is 0 Å². The fourth-order valence-corrected chi connectivity index (χ4v) is 2.80. The van der Waals surface area contributed by atoms with Crippen LogP contribution in [0.1, 0.15) is 54.3 Å². The van der Waals surface area contributed by atoms with E-state index in [1.54, 1.807) is 30.5 Å². The van der Waals surface area contributed by atoms with Gasteiger partial charge in [-0.05, 0) is 31.4 Å². The number of hydrogen-bond acceptors (Lipinski definition) is 3. The van der Waals surface area contributed by atoms with Gasteiger partial charge in [0, 0.05) is 11.4 Å². The number of carbonyl (C=O) groups excluding carboxylic acids is 1. The number of carbonyl (C=O) groups is 2. The quantitative estimate of drug-likeness (QED) is 0.815. The molecule has 0 saturated heterocycles. The smallest absolute Gasteiger partial charge is 0.307 e. The molecule has 0 saturated carbocycles. The molecule has 0 bridgehead atoms. The van der Waals surface area contributed by atoms with Crippen LogP contribution in [-0.2, 0) is 11.2 Å². The van der Waals surface area contributed by atoms with Gasteiger partial charge >= 0.3 is 5.97 Å². The Morgan fingerprint density at radius 2 is 1.92 bits per heavy atom. The molecule has 0 atom stereocenters. The molecule has 1 heterocycles. The van der Waals surface area contributed by atoms with Gasteiger partial charge in [0.15, 0.2) is 0 Å². The Morgan fingerprint density at radius 1 is 1.25 bits per heavy atom. The lowest BCUT2D eigenvalue weighted by Gasteiger charge is -2.15. The van der Waals surface area contributed by atoms with E-state index in [1.807, 2.05) is 11.6 Å². The topological polar surface area (TPSA) is 84.2 Å². The molecule has 1 amide bonds. The Kier molecular flexibility index (Phi) is 5.73. The van der Waals surface area contributed by atoms with Crippen molar-refractivity contribution in [2.75, 3.05) is 5.32 Å². The summed E-state index contributed by atoms with van der Waals surface area (Å²) in [6.07, 6.45) is 3.33. The van der Waals surface area contributed by atoms with Crippen molar-refractivity contribution in [2.45, 2.75) is 46.1 Å². The third-order valence-corrected chi connectivity index (χ3v) is 4.18. The molecule has 0 aliphatic carbocycles. The highest BCUT2D eigenvalue weighted by Gasteiger charge is 2.19. The number of carboxylic acids is 1. The number of aliphatic carboxylic acids is 1. The molecule has 0 unspecified atom stereocenters. The van der Waals surface area contributed by atoms with Crippen LogP contribution in [0.15, 0.2) is 30.5 Å². The first-order valence-corrected chi connectivity index (χ1v) is 8.13. The van der Waals surface area contributed by atoms with E-state index < -0.39 is 5.97 Å². The number of benzene rings is 1. The summed E-state index contributed by atoms with van der Waals surface area (Å²) in [6.45, 7) is 6.07. The van der Waals surface area contributed by atoms with E-state index in [2.05, 4.69) is 24.3 Å². The Balaban J connectivity index is 2.24. The minimum atomic E-state index is -0.936. The van der Waals surface area contributed by atoms with Crippen molar-refractivity contribution in [3.63, 3.8) is 0 Å². The monoisotopic (exact) mass is 329 g/mol. The van der Waals surface area contributed by atoms with Gasteiger partial charge in [0.25, 0.3) is 5.91 Å². The summed E-state index contributed by atoms with van der Waals surface area (Å²) < 4.78 is 1.89. The van der Waals surface area contributed by atoms with Gasteiger partial charge in [0.1, 0.15) is 0 Å². The maximum absolute atomic E-state index is 12.6. The minimum absolute atomic E-state index is 0.136. The van der Waals surface area contributed by atoms with Crippen LogP contribution in [0, 0.1) is 6.92 Å². The SMILES string of the molecule is CCC(CC)n1ncc(C(=O)Nc2ccccc2CC(=O)O)c1C. The van der Waals surface area contributed by atoms with Crippen molar-refractivity contribution in [1.82, 2.24) is 9.78 Å². The minimum Gasteiger partial charge on any atom is -0.481 e. The molecule has 0 aliphatic rings. The maximum atomic E-state index is 12.6. The van der Waals surface area contributed by atoms with Crippen LogP contribution in [0.2, 0.25) is 0 Å². The van der Waals surface area contributed by atoms with E-state index in [1.165, 1.54) is 0 Å². The molecule has 24 heavy (non-hydrogen) atoms. The Hall–Kier alpha value is -2.63. The molecular weight excluding hydrogens is 306 g/mol. The molecule has 2 N–H and O–H groups in total. The number of nitrogens with zero attached hydrogens (tertiary/aromatic N) is 2. The first-order valence-electron chi connectivity index (χ1n) is 8.13. The van der Waals surface area contributed by atoms with Gasteiger partial charge in [-0.15, -0.1) is 0 Å². The van der Waals surface area contributed by atoms with E-state index in [-0.39, 0.29) is 18.4 Å². The van der Waals surface area contributed by atoms with Gasteiger partial charge in [0.05, 0.1) is 24.2 Å². The molecule has 0 aliphatic heterocycles. The van der Waals surface area contributed by atoms with Crippen LogP contribution >= 0.6 is 0 Å². The van der Waals surface area contributed by atoms with Gasteiger partial charge in [-0.3, -0.25) is 14.3 Å². The number of anilines is 1. The molecule has 6 nitrogen and oxygen atoms in total. The number of amides is 1. The van der Waals surface area contributed by atoms with Crippen molar-refractivity contribution < 1.29 is 14.7 Å². The molecule has 0 radical (unpaired) electrons. The van der Waals surface area contributed by atoms with Crippen LogP contribution < -0.4 is 5.32 Å². The van der Waals surface area contributed by atoms with Crippen molar-refractivity contribution in [3.05, 3.63) is 47.3 Å². The fraction of sp³-hybridized carbons (Fsp3) is 0.389. The summed E-state index contributed by atoms with van der Waals surface area (Å²) in [5.74, 6) is -1.21. The Morgan fingerprint density at radius 3 is 2.54 bits per heavy atom. The summed E-state index contributed by atoms with van der Waals surface area (Å²) in [5.41, 5.74) is 2.41. The molecular formula is C18H23N3O3. The van der Waals surface area contributed by atoms with E-state index in [0.717, 1.165) is 18.5 Å². The maximum Gasteiger partial charge on any atom is 0.307 e. The number of rotatable bonds is 7. The highest BCUT2D eigenvalue weighted by Crippen LogP contribution is 2.21. The fourth-order valence-electron chi connectivity index (χ4n) is 2.80. The molecule has 128 valence electrons. The molecule has 6 heteroatoms. The van der Waals surface area contributed by atoms with Crippen LogP contribution in [-0.4, -0.2) is 26.8 Å². The van der Waals surface area contributed by atoms with Crippen molar-refractivity contribution in [2.24, 2.45) is 0 Å². The highest BCUT2D eigenvalue weighted by atomic mass is 16.4. The van der Waals surface area contributed by atoms with Crippen molar-refractivity contribution >= 4 is 17.6 Å². The lowest BCUT2D eigenvalue weighted by Crippen LogP contribution is -2.16. The third-order valence-electron chi connectivity index (χ3n) is 4.18. The van der Waals surface area contributed by atoms with Crippen molar-refractivity contribution in [3.8, 4) is 0 Å². The highest BCUT2D eigenvalue weighted by molar-refractivity contribution is 6.05. The van der Waals surface area contributed by atoms with E-state index >= 15 is 0 Å². The Labute approximate surface area is 141 Å². The zero-order valence-corrected chi connectivity index (χ0v) is 14.2. The zero-order valence-electron chi connectivity index (χ0n) is 14.2. The first kappa shape index (κ1) is 17.7. The molecule has 2 rings (SSSR count). The first-order chi connectivity index (χ1) is 11.5. The molecule has 0 fully saturated rings. The predicted octanol–water partition coefficient (Wildman–Crippen LogP) is 3.43. The summed E-state index contributed by atoms with van der Waals surface area (Å²) in [4.78, 5) is 23.5. The zero-order chi connectivity index (χ0) is 17.7. The van der Waals surface area contributed by atoms with Crippen LogP contribution in [0.25, 0.3) is 0 Å². The largest absolute Gasteiger partial charge is 0.481 e. The lowest BCUT2D eigenvalue weighted by molar-refractivity contribution is -0.136. The average Bonchev–Trinajstić information content (AvgIpc) is 2.92. The second-order valence-electron chi connectivity index (χ2n) is 5.74. The number of carboxylic acid groups (broad SMARTS) is 1. The molecule has 1 aromatic heterocycles. The van der Waals surface area contributed by atoms with Gasteiger partial charge in [-0.1, -0.05) is 32.0 Å². The summed E-state index contributed by atoms with van der Waals surface area (Å²) in [7, 11) is 0. The molecule has 2 aromatic rings. The van der Waals surface area contributed by atoms with Crippen LogP contribution in [0.5, 0.6) is 0 Å². The standard InChI is InChI=1S/C18H23N3O3/c1-4-14(5-2)21-12(3)15(11-19-21)18(24)20-16-9-7-6-8-13(16)10-17(22)23/h6-9,11,14H,4-5,10H2,1-3H3,(H,20,24)(H,22,23). The van der Waals surface area contributed by atoms with Crippen LogP contribution in [0.4, 0.5) is 5.69 Å². The van der Waals surface area contributed by atoms with E-state index in [4.69, 9.17) is 5.11 Å².